The van der Waals surface area contributed by atoms with E-state index in [-0.39, 0.29) is 24.5 Å². The molecule has 2 unspecified atom stereocenters. The number of rotatable bonds is 50. The Morgan fingerprint density at radius 2 is 0.810 bits per heavy atom. The van der Waals surface area contributed by atoms with E-state index in [1.807, 2.05) is 0 Å². The number of esters is 1. The number of amides is 2. The van der Waals surface area contributed by atoms with E-state index in [4.69, 9.17) is 14.9 Å². The van der Waals surface area contributed by atoms with Crippen molar-refractivity contribution >= 4 is 23.8 Å². The van der Waals surface area contributed by atoms with E-state index in [0.717, 1.165) is 70.6 Å². The fourth-order valence-corrected chi connectivity index (χ4v) is 8.36. The summed E-state index contributed by atoms with van der Waals surface area (Å²) in [6.45, 7) is 3.52. The molecule has 0 aliphatic rings. The Bertz CT molecular complexity index is 1070. The van der Waals surface area contributed by atoms with Crippen LogP contribution in [-0.4, -0.2) is 59.3 Å². The van der Waals surface area contributed by atoms with E-state index >= 15 is 0 Å². The van der Waals surface area contributed by atoms with Crippen molar-refractivity contribution in [1.82, 2.24) is 10.6 Å². The molecule has 0 spiro atoms. The van der Waals surface area contributed by atoms with Gasteiger partial charge in [0, 0.05) is 12.8 Å². The largest absolute Gasteiger partial charge is 0.480 e. The summed E-state index contributed by atoms with van der Waals surface area (Å²) in [4.78, 5) is 47.8. The zero-order chi connectivity index (χ0) is 46.1. The number of unbranched alkanes of at least 4 members (excludes halogenated alkanes) is 34. The second-order valence-corrected chi connectivity index (χ2v) is 18.7. The van der Waals surface area contributed by atoms with Crippen molar-refractivity contribution in [3.05, 3.63) is 12.2 Å². The number of carboxylic acids is 1. The molecule has 9 nitrogen and oxygen atoms in total. The Hall–Kier alpha value is -2.42. The molecule has 0 aromatic rings. The normalized spacial score (nSPS) is 12.4. The lowest BCUT2D eigenvalue weighted by Gasteiger charge is -2.18. The van der Waals surface area contributed by atoms with Gasteiger partial charge < -0.3 is 25.6 Å². The second kappa shape index (κ2) is 49.0. The van der Waals surface area contributed by atoms with E-state index in [1.54, 1.807) is 0 Å². The van der Waals surface area contributed by atoms with Gasteiger partial charge in [-0.05, 0) is 64.2 Å². The van der Waals surface area contributed by atoms with Crippen LogP contribution in [0.1, 0.15) is 284 Å². The van der Waals surface area contributed by atoms with E-state index in [1.165, 1.54) is 180 Å². The summed E-state index contributed by atoms with van der Waals surface area (Å²) in [5.74, 6) is -2.28. The number of ether oxygens (including phenoxy) is 1. The molecule has 0 aliphatic carbocycles. The average molecular weight is 891 g/mol. The van der Waals surface area contributed by atoms with Gasteiger partial charge in [-0.3, -0.25) is 14.4 Å². The summed E-state index contributed by atoms with van der Waals surface area (Å²) in [5, 5.41) is 22.6. The van der Waals surface area contributed by atoms with Gasteiger partial charge in [0.1, 0.15) is 12.1 Å². The number of carboxylic acid groups (broad SMARTS) is 1. The molecule has 0 saturated heterocycles. The van der Waals surface area contributed by atoms with Crippen LogP contribution in [0.3, 0.4) is 0 Å². The number of carbonyl (C=O) groups is 4. The molecule has 63 heavy (non-hydrogen) atoms. The minimum Gasteiger partial charge on any atom is -0.480 e. The minimum atomic E-state index is -1.38. The van der Waals surface area contributed by atoms with Crippen molar-refractivity contribution in [3.63, 3.8) is 0 Å². The first-order valence-corrected chi connectivity index (χ1v) is 27.1. The SMILES string of the molecule is CCCCCCCCCC/C=C\CCCCCC(CCCCCCCC(=O)NCC(=O)NC(CO)C(=O)O)OC(=O)CCCCCCCCCCCCCCCCCCCCCC. The summed E-state index contributed by atoms with van der Waals surface area (Å²) in [6.07, 6.45) is 55.4. The number of hydrogen-bond acceptors (Lipinski definition) is 6. The molecule has 9 heteroatoms. The molecular weight excluding hydrogens is 789 g/mol. The predicted molar refractivity (Wildman–Crippen MR) is 264 cm³/mol. The lowest BCUT2D eigenvalue weighted by Crippen LogP contribution is -2.47. The first-order chi connectivity index (χ1) is 30.8. The lowest BCUT2D eigenvalue weighted by molar-refractivity contribution is -0.150. The highest BCUT2D eigenvalue weighted by Gasteiger charge is 2.19. The Morgan fingerprint density at radius 3 is 1.21 bits per heavy atom. The number of nitrogens with one attached hydrogen (secondary N) is 2. The summed E-state index contributed by atoms with van der Waals surface area (Å²) in [7, 11) is 0. The molecule has 0 fully saturated rings. The lowest BCUT2D eigenvalue weighted by atomic mass is 10.0. The molecule has 2 atom stereocenters. The maximum absolute atomic E-state index is 12.9. The topological polar surface area (TPSA) is 142 Å². The van der Waals surface area contributed by atoms with Crippen molar-refractivity contribution in [2.24, 2.45) is 0 Å². The van der Waals surface area contributed by atoms with Gasteiger partial charge >= 0.3 is 11.9 Å². The highest BCUT2D eigenvalue weighted by molar-refractivity contribution is 5.87. The fourth-order valence-electron chi connectivity index (χ4n) is 8.36. The fraction of sp³-hybridized carbons (Fsp3) is 0.889. The maximum atomic E-state index is 12.9. The molecule has 2 amide bonds. The summed E-state index contributed by atoms with van der Waals surface area (Å²) < 4.78 is 6.07. The van der Waals surface area contributed by atoms with Gasteiger partial charge in [-0.1, -0.05) is 219 Å². The zero-order valence-corrected chi connectivity index (χ0v) is 41.4. The van der Waals surface area contributed by atoms with Crippen molar-refractivity contribution in [2.45, 2.75) is 296 Å². The Kier molecular flexibility index (Phi) is 47.1. The molecule has 0 bridgehead atoms. The quantitative estimate of drug-likeness (QED) is 0.0271. The molecule has 4 N–H and O–H groups in total. The molecule has 0 saturated carbocycles. The van der Waals surface area contributed by atoms with Crippen LogP contribution in [0, 0.1) is 0 Å². The number of allylic oxidation sites excluding steroid dienone is 2. The third kappa shape index (κ3) is 45.9. The molecule has 0 heterocycles. The molecule has 0 aromatic carbocycles. The van der Waals surface area contributed by atoms with Crippen LogP contribution in [0.2, 0.25) is 0 Å². The third-order valence-corrected chi connectivity index (χ3v) is 12.5. The van der Waals surface area contributed by atoms with Crippen LogP contribution >= 0.6 is 0 Å². The molecule has 370 valence electrons. The monoisotopic (exact) mass is 891 g/mol. The third-order valence-electron chi connectivity index (χ3n) is 12.5. The summed E-state index contributed by atoms with van der Waals surface area (Å²) in [6, 6.07) is -1.38. The molecule has 0 rings (SSSR count). The maximum Gasteiger partial charge on any atom is 0.328 e. The van der Waals surface area contributed by atoms with Crippen LogP contribution in [0.25, 0.3) is 0 Å². The van der Waals surface area contributed by atoms with Crippen molar-refractivity contribution in [2.75, 3.05) is 13.2 Å². The molecular formula is C54H102N2O7. The molecule has 0 aromatic heterocycles. The first kappa shape index (κ1) is 60.6. The number of hydrogen-bond donors (Lipinski definition) is 4. The van der Waals surface area contributed by atoms with E-state index < -0.39 is 24.5 Å². The van der Waals surface area contributed by atoms with Crippen molar-refractivity contribution < 1.29 is 34.1 Å². The van der Waals surface area contributed by atoms with Gasteiger partial charge in [-0.25, -0.2) is 4.79 Å². The average Bonchev–Trinajstić information content (AvgIpc) is 3.27. The Labute approximate surface area is 388 Å². The highest BCUT2D eigenvalue weighted by Crippen LogP contribution is 2.19. The first-order valence-electron chi connectivity index (χ1n) is 27.1. The summed E-state index contributed by atoms with van der Waals surface area (Å²) in [5.41, 5.74) is 0. The highest BCUT2D eigenvalue weighted by atomic mass is 16.5. The predicted octanol–water partition coefficient (Wildman–Crippen LogP) is 14.6. The van der Waals surface area contributed by atoms with Crippen LogP contribution in [0.5, 0.6) is 0 Å². The van der Waals surface area contributed by atoms with Gasteiger partial charge in [0.05, 0.1) is 13.2 Å². The zero-order valence-electron chi connectivity index (χ0n) is 41.4. The van der Waals surface area contributed by atoms with Gasteiger partial charge in [0.25, 0.3) is 0 Å². The van der Waals surface area contributed by atoms with Crippen LogP contribution in [0.15, 0.2) is 12.2 Å². The minimum absolute atomic E-state index is 0.0244. The number of aliphatic hydroxyl groups is 1. The van der Waals surface area contributed by atoms with Gasteiger partial charge in [0.2, 0.25) is 11.8 Å². The van der Waals surface area contributed by atoms with Gasteiger partial charge in [0.15, 0.2) is 0 Å². The number of aliphatic carboxylic acids is 1. The summed E-state index contributed by atoms with van der Waals surface area (Å²) >= 11 is 0. The van der Waals surface area contributed by atoms with Crippen molar-refractivity contribution in [1.29, 1.82) is 0 Å². The van der Waals surface area contributed by atoms with Gasteiger partial charge in [-0.2, -0.15) is 0 Å². The molecule has 0 radical (unpaired) electrons. The van der Waals surface area contributed by atoms with Crippen LogP contribution < -0.4 is 10.6 Å². The Morgan fingerprint density at radius 1 is 0.460 bits per heavy atom. The van der Waals surface area contributed by atoms with E-state index in [0.29, 0.717) is 19.3 Å². The number of aliphatic hydroxyl groups excluding tert-OH is 1. The van der Waals surface area contributed by atoms with Gasteiger partial charge in [-0.15, -0.1) is 0 Å². The smallest absolute Gasteiger partial charge is 0.328 e. The standard InChI is InChI=1S/C54H102N2O7/c1-3-5-7-9-11-13-15-17-19-20-21-22-23-25-27-29-31-33-38-42-46-53(60)63-49(43-39-35-32-30-28-26-24-18-16-14-12-10-8-6-4-2)44-40-36-34-37-41-45-51(58)55-47-52(59)56-50(48-57)54(61)62/h26,28,49-50,57H,3-25,27,29-48H2,1-2H3,(H,55,58)(H,56,59)(H,61,62)/b28-26-. The van der Waals surface area contributed by atoms with Crippen LogP contribution in [-0.2, 0) is 23.9 Å². The molecule has 0 aliphatic heterocycles. The Balaban J connectivity index is 4.25. The van der Waals surface area contributed by atoms with Crippen LogP contribution in [0.4, 0.5) is 0 Å². The van der Waals surface area contributed by atoms with Crippen molar-refractivity contribution in [3.8, 4) is 0 Å². The number of carbonyl (C=O) groups excluding carboxylic acids is 3. The van der Waals surface area contributed by atoms with E-state index in [2.05, 4.69) is 36.6 Å². The van der Waals surface area contributed by atoms with E-state index in [9.17, 15) is 19.2 Å². The second-order valence-electron chi connectivity index (χ2n) is 18.7.